The Morgan fingerprint density at radius 3 is 3.04 bits per heavy atom. The molecule has 2 aromatic rings. The molecule has 2 aliphatic heterocycles. The number of halogens is 1. The summed E-state index contributed by atoms with van der Waals surface area (Å²) >= 11 is 0. The van der Waals surface area contributed by atoms with Gasteiger partial charge in [-0.3, -0.25) is 0 Å². The maximum atomic E-state index is 14.2. The van der Waals surface area contributed by atoms with Crippen LogP contribution in [0.4, 0.5) is 4.39 Å². The number of ether oxygens (including phenoxy) is 3. The van der Waals surface area contributed by atoms with Crippen molar-refractivity contribution >= 4 is 0 Å². The van der Waals surface area contributed by atoms with E-state index in [1.165, 1.54) is 12.1 Å². The summed E-state index contributed by atoms with van der Waals surface area (Å²) in [5.41, 5.74) is -1.03. The van der Waals surface area contributed by atoms with Crippen molar-refractivity contribution in [2.45, 2.75) is 12.3 Å². The maximum Gasteiger partial charge on any atom is 0.231 e. The Morgan fingerprint density at radius 2 is 2.17 bits per heavy atom. The van der Waals surface area contributed by atoms with Crippen molar-refractivity contribution in [1.82, 2.24) is 5.32 Å². The maximum absolute atomic E-state index is 14.2. The molecule has 0 aliphatic carbocycles. The monoisotopic (exact) mass is 342 g/mol. The zero-order valence-electron chi connectivity index (χ0n) is 25.1. The lowest BCUT2D eigenvalue weighted by Crippen LogP contribution is -2.38. The van der Waals surface area contributed by atoms with Gasteiger partial charge in [0.2, 0.25) is 6.75 Å². The highest BCUT2D eigenvalue weighted by atomic mass is 19.1. The highest BCUT2D eigenvalue weighted by Gasteiger charge is 2.27. The predicted molar refractivity (Wildman–Crippen MR) is 88.2 cm³/mol. The molecule has 1 saturated heterocycles. The molecule has 4 rings (SSSR count). The Morgan fingerprint density at radius 1 is 1.33 bits per heavy atom. The van der Waals surface area contributed by atoms with Crippen LogP contribution in [0, 0.1) is 11.7 Å². The zero-order chi connectivity index (χ0) is 27.9. The summed E-state index contributed by atoms with van der Waals surface area (Å²) in [7, 11) is 0. The van der Waals surface area contributed by atoms with Gasteiger partial charge in [-0.25, -0.2) is 4.39 Å². The van der Waals surface area contributed by atoms with E-state index in [2.05, 4.69) is 5.32 Å². The van der Waals surface area contributed by atoms with Crippen LogP contribution in [0.2, 0.25) is 0 Å². The molecule has 0 saturated carbocycles. The number of piperidine rings is 1. The lowest BCUT2D eigenvalue weighted by molar-refractivity contribution is 0.173. The van der Waals surface area contributed by atoms with Gasteiger partial charge >= 0.3 is 0 Å². The van der Waals surface area contributed by atoms with Crippen LogP contribution in [0.1, 0.15) is 35.7 Å². The van der Waals surface area contributed by atoms with Crippen molar-refractivity contribution in [3.8, 4) is 17.2 Å². The zero-order valence-corrected chi connectivity index (χ0v) is 12.1. The first-order valence-electron chi connectivity index (χ1n) is 13.5. The molecule has 1 N–H and O–H groups in total. The molecule has 126 valence electrons. The van der Waals surface area contributed by atoms with Gasteiger partial charge in [-0.1, -0.05) is 12.1 Å². The smallest absolute Gasteiger partial charge is 0.231 e. The van der Waals surface area contributed by atoms with Crippen LogP contribution in [0.25, 0.3) is 0 Å². The van der Waals surface area contributed by atoms with Crippen molar-refractivity contribution in [3.63, 3.8) is 0 Å². The van der Waals surface area contributed by atoms with Gasteiger partial charge in [-0.15, -0.1) is 0 Å². The molecule has 2 heterocycles. The molecular weight excluding hydrogens is 309 g/mol. The summed E-state index contributed by atoms with van der Waals surface area (Å²) in [6.45, 7) is -9.29. The molecular formula is C19H20FNO3. The Hall–Kier alpha value is -2.27. The first-order valence-corrected chi connectivity index (χ1v) is 6.99. The Kier molecular flexibility index (Phi) is 1.83. The van der Waals surface area contributed by atoms with Gasteiger partial charge in [0.25, 0.3) is 0 Å². The average Bonchev–Trinajstić information content (AvgIpc) is 3.07. The van der Waals surface area contributed by atoms with E-state index in [9.17, 15) is 4.39 Å². The van der Waals surface area contributed by atoms with E-state index in [1.807, 2.05) is 0 Å². The topological polar surface area (TPSA) is 39.7 Å². The second-order valence-electron chi connectivity index (χ2n) is 4.90. The van der Waals surface area contributed by atoms with Crippen LogP contribution in [-0.4, -0.2) is 26.3 Å². The van der Waals surface area contributed by atoms with Crippen LogP contribution >= 0.6 is 0 Å². The van der Waals surface area contributed by atoms with Gasteiger partial charge in [0.05, 0.1) is 14.8 Å². The van der Waals surface area contributed by atoms with Crippen molar-refractivity contribution in [2.24, 2.45) is 5.92 Å². The van der Waals surface area contributed by atoms with Gasteiger partial charge < -0.3 is 19.5 Å². The standard InChI is InChI=1S/C19H20FNO3/c20-15-3-1-13(2-4-15)17-7-8-21-10-14(17)11-22-16-5-6-18-19(9-16)24-12-23-18/h1-6,9,14,17,21H,7-8,10-12H2/t14?,17-/m0/s1/i1D,2D,3D,4D,7D2,8D2,11D2,12D2,17D. The van der Waals surface area contributed by atoms with Crippen LogP contribution in [-0.2, 0) is 0 Å². The number of hydrogen-bond donors (Lipinski definition) is 1. The van der Waals surface area contributed by atoms with Gasteiger partial charge in [-0.05, 0) is 48.5 Å². The Balaban J connectivity index is 1.86. The summed E-state index contributed by atoms with van der Waals surface area (Å²) in [5, 5.41) is 2.18. The van der Waals surface area contributed by atoms with Crippen LogP contribution in [0.3, 0.4) is 0 Å². The Labute approximate surface area is 158 Å². The average molecular weight is 342 g/mol. The molecule has 2 atom stereocenters. The second kappa shape index (κ2) is 6.69. The number of rotatable bonds is 4. The van der Waals surface area contributed by atoms with Crippen molar-refractivity contribution < 1.29 is 36.4 Å². The number of hydrogen-bond acceptors (Lipinski definition) is 4. The summed E-state index contributed by atoms with van der Waals surface area (Å²) in [5.74, 6) is -7.16. The number of benzene rings is 2. The molecule has 2 aromatic carbocycles. The predicted octanol–water partition coefficient (Wildman–Crippen LogP) is 3.33. The van der Waals surface area contributed by atoms with E-state index >= 15 is 0 Å². The SMILES string of the molecule is [2H]c1c([2H])c([C@@]2([2H])C(C([2H])([2H])Oc3ccc4c(c3)OC([2H])([2H])O4)CNC([2H])([2H])C2([2H])[2H])c([2H])c([2H])c1F. The van der Waals surface area contributed by atoms with Gasteiger partial charge in [0, 0.05) is 25.4 Å². The summed E-state index contributed by atoms with van der Waals surface area (Å²) < 4.78 is 136. The number of fused-ring (bicyclic) bond motifs is 1. The van der Waals surface area contributed by atoms with E-state index in [0.29, 0.717) is 0 Å². The highest BCUT2D eigenvalue weighted by Crippen LogP contribution is 2.36. The lowest BCUT2D eigenvalue weighted by Gasteiger charge is -2.32. The molecule has 1 fully saturated rings. The van der Waals surface area contributed by atoms with Crippen molar-refractivity contribution in [3.05, 3.63) is 53.7 Å². The minimum absolute atomic E-state index is 0.00781. The van der Waals surface area contributed by atoms with E-state index in [-0.39, 0.29) is 17.2 Å². The molecule has 2 aliphatic rings. The molecule has 1 unspecified atom stereocenters. The third kappa shape index (κ3) is 3.17. The Bertz CT molecular complexity index is 1250. The quantitative estimate of drug-likeness (QED) is 0.925. The molecule has 0 amide bonds. The van der Waals surface area contributed by atoms with Crippen LogP contribution < -0.4 is 19.5 Å². The van der Waals surface area contributed by atoms with Crippen LogP contribution in [0.15, 0.2) is 42.4 Å². The molecule has 0 spiro atoms. The van der Waals surface area contributed by atoms with Crippen LogP contribution in [0.5, 0.6) is 17.2 Å². The van der Waals surface area contributed by atoms with E-state index < -0.39 is 80.1 Å². The molecule has 24 heavy (non-hydrogen) atoms. The summed E-state index contributed by atoms with van der Waals surface area (Å²) in [6, 6.07) is -1.25. The minimum atomic E-state index is -3.40. The van der Waals surface area contributed by atoms with Crippen molar-refractivity contribution in [1.29, 1.82) is 0 Å². The van der Waals surface area contributed by atoms with E-state index in [0.717, 1.165) is 6.07 Å². The first kappa shape index (κ1) is 6.56. The minimum Gasteiger partial charge on any atom is -0.493 e. The normalized spacial score (nSPS) is 40.2. The third-order valence-corrected chi connectivity index (χ3v) is 3.34. The van der Waals surface area contributed by atoms with Crippen molar-refractivity contribution in [2.75, 3.05) is 26.3 Å². The second-order valence-corrected chi connectivity index (χ2v) is 4.90. The fraction of sp³-hybridized carbons (Fsp3) is 0.368. The van der Waals surface area contributed by atoms with Gasteiger partial charge in [0.1, 0.15) is 14.3 Å². The van der Waals surface area contributed by atoms with Gasteiger partial charge in [0.15, 0.2) is 11.5 Å². The fourth-order valence-corrected chi connectivity index (χ4v) is 2.19. The molecule has 0 aromatic heterocycles. The largest absolute Gasteiger partial charge is 0.493 e. The van der Waals surface area contributed by atoms with E-state index in [1.54, 1.807) is 0 Å². The molecule has 5 heteroatoms. The summed E-state index contributed by atoms with van der Waals surface area (Å²) in [4.78, 5) is 0. The first-order chi connectivity index (χ1) is 16.8. The lowest BCUT2D eigenvalue weighted by atomic mass is 9.81. The highest BCUT2D eigenvalue weighted by molar-refractivity contribution is 5.46. The molecule has 0 bridgehead atoms. The molecule has 0 radical (unpaired) electrons. The summed E-state index contributed by atoms with van der Waals surface area (Å²) in [6.07, 6.45) is -3.40. The third-order valence-electron chi connectivity index (χ3n) is 3.34. The fourth-order valence-electron chi connectivity index (χ4n) is 2.19. The van der Waals surface area contributed by atoms with E-state index in [4.69, 9.17) is 32.0 Å². The number of nitrogens with one attached hydrogen (secondary N) is 1. The van der Waals surface area contributed by atoms with Gasteiger partial charge in [-0.2, -0.15) is 0 Å². The molecule has 4 nitrogen and oxygen atoms in total.